The Morgan fingerprint density at radius 3 is 2.35 bits per heavy atom. The molecule has 126 valence electrons. The predicted octanol–water partition coefficient (Wildman–Crippen LogP) is 4.01. The van der Waals surface area contributed by atoms with Crippen molar-refractivity contribution in [3.63, 3.8) is 0 Å². The van der Waals surface area contributed by atoms with Crippen LogP contribution in [0, 0.1) is 0 Å². The molecule has 0 spiro atoms. The summed E-state index contributed by atoms with van der Waals surface area (Å²) < 4.78 is 5.47. The number of carbonyl (C=O) groups excluding carboxylic acids is 1. The molecule has 0 N–H and O–H groups in total. The fourth-order valence-electron chi connectivity index (χ4n) is 3.46. The molecule has 2 aliphatic rings. The van der Waals surface area contributed by atoms with Crippen molar-refractivity contribution in [2.45, 2.75) is 51.6 Å². The van der Waals surface area contributed by atoms with Gasteiger partial charge in [-0.05, 0) is 57.7 Å². The lowest BCUT2D eigenvalue weighted by Gasteiger charge is -2.24. The molecule has 1 unspecified atom stereocenters. The molecule has 2 heterocycles. The predicted molar refractivity (Wildman–Crippen MR) is 93.1 cm³/mol. The minimum Gasteiger partial charge on any atom is -0.444 e. The monoisotopic (exact) mass is 316 g/mol. The molecule has 0 radical (unpaired) electrons. The van der Waals surface area contributed by atoms with E-state index in [0.717, 1.165) is 19.5 Å². The third kappa shape index (κ3) is 3.98. The van der Waals surface area contributed by atoms with Gasteiger partial charge >= 0.3 is 6.09 Å². The Morgan fingerprint density at radius 1 is 1.09 bits per heavy atom. The molecule has 0 aromatic heterocycles. The number of likely N-dealkylation sites (tertiary alicyclic amines) is 1. The van der Waals surface area contributed by atoms with Crippen LogP contribution in [0.3, 0.4) is 0 Å². The summed E-state index contributed by atoms with van der Waals surface area (Å²) in [4.78, 5) is 16.5. The summed E-state index contributed by atoms with van der Waals surface area (Å²) in [6, 6.07) is 8.93. The maximum atomic E-state index is 12.2. The standard InChI is InChI=1S/C19H28N2O2/c1-19(2,3)23-18(22)21-13-10-16(14-21)15-6-8-17(9-7-15)20-11-4-5-12-20/h6-9,16H,4-5,10-14H2,1-3H3. The van der Waals surface area contributed by atoms with Gasteiger partial charge in [0.25, 0.3) is 0 Å². The maximum Gasteiger partial charge on any atom is 0.410 e. The zero-order chi connectivity index (χ0) is 16.4. The van der Waals surface area contributed by atoms with Crippen molar-refractivity contribution in [2.24, 2.45) is 0 Å². The summed E-state index contributed by atoms with van der Waals surface area (Å²) in [5, 5.41) is 0. The molecule has 3 rings (SSSR count). The van der Waals surface area contributed by atoms with Crippen molar-refractivity contribution in [1.29, 1.82) is 0 Å². The number of hydrogen-bond donors (Lipinski definition) is 0. The average Bonchev–Trinajstić information content (AvgIpc) is 3.18. The first-order valence-corrected chi connectivity index (χ1v) is 8.75. The van der Waals surface area contributed by atoms with Crippen molar-refractivity contribution in [1.82, 2.24) is 4.90 Å². The Morgan fingerprint density at radius 2 is 1.74 bits per heavy atom. The van der Waals surface area contributed by atoms with Gasteiger partial charge in [0.15, 0.2) is 0 Å². The fourth-order valence-corrected chi connectivity index (χ4v) is 3.46. The van der Waals surface area contributed by atoms with Gasteiger partial charge in [0, 0.05) is 37.8 Å². The molecule has 4 heteroatoms. The van der Waals surface area contributed by atoms with Crippen molar-refractivity contribution in [3.8, 4) is 0 Å². The second-order valence-corrected chi connectivity index (χ2v) is 7.70. The van der Waals surface area contributed by atoms with Gasteiger partial charge in [-0.1, -0.05) is 12.1 Å². The van der Waals surface area contributed by atoms with E-state index in [1.54, 1.807) is 0 Å². The minimum absolute atomic E-state index is 0.186. The van der Waals surface area contributed by atoms with Gasteiger partial charge in [0.1, 0.15) is 5.60 Å². The molecule has 0 aliphatic carbocycles. The Hall–Kier alpha value is -1.71. The van der Waals surface area contributed by atoms with Gasteiger partial charge in [-0.3, -0.25) is 0 Å². The average molecular weight is 316 g/mol. The van der Waals surface area contributed by atoms with E-state index in [9.17, 15) is 4.79 Å². The van der Waals surface area contributed by atoms with Gasteiger partial charge in [0.05, 0.1) is 0 Å². The molecule has 1 aromatic rings. The lowest BCUT2D eigenvalue weighted by molar-refractivity contribution is 0.0292. The number of rotatable bonds is 2. The summed E-state index contributed by atoms with van der Waals surface area (Å²) >= 11 is 0. The molecular formula is C19H28N2O2. The van der Waals surface area contributed by atoms with E-state index in [-0.39, 0.29) is 6.09 Å². The number of anilines is 1. The van der Waals surface area contributed by atoms with E-state index >= 15 is 0 Å². The fraction of sp³-hybridized carbons (Fsp3) is 0.632. The first-order chi connectivity index (χ1) is 10.9. The van der Waals surface area contributed by atoms with Crippen molar-refractivity contribution < 1.29 is 9.53 Å². The number of carbonyl (C=O) groups is 1. The highest BCUT2D eigenvalue weighted by molar-refractivity contribution is 5.68. The Balaban J connectivity index is 1.59. The summed E-state index contributed by atoms with van der Waals surface area (Å²) in [5.41, 5.74) is 2.24. The highest BCUT2D eigenvalue weighted by atomic mass is 16.6. The van der Waals surface area contributed by atoms with Crippen LogP contribution in [0.4, 0.5) is 10.5 Å². The van der Waals surface area contributed by atoms with Crippen molar-refractivity contribution >= 4 is 11.8 Å². The van der Waals surface area contributed by atoms with Crippen molar-refractivity contribution in [2.75, 3.05) is 31.1 Å². The van der Waals surface area contributed by atoms with Gasteiger partial charge in [0.2, 0.25) is 0 Å². The van der Waals surface area contributed by atoms with E-state index < -0.39 is 5.60 Å². The topological polar surface area (TPSA) is 32.8 Å². The number of amides is 1. The third-order valence-corrected chi connectivity index (χ3v) is 4.68. The van der Waals surface area contributed by atoms with Gasteiger partial charge in [-0.15, -0.1) is 0 Å². The second kappa shape index (κ2) is 6.42. The lowest BCUT2D eigenvalue weighted by Crippen LogP contribution is -2.35. The summed E-state index contributed by atoms with van der Waals surface area (Å²) in [6.07, 6.45) is 3.43. The van der Waals surface area contributed by atoms with E-state index in [2.05, 4.69) is 29.2 Å². The van der Waals surface area contributed by atoms with Crippen molar-refractivity contribution in [3.05, 3.63) is 29.8 Å². The molecule has 4 nitrogen and oxygen atoms in total. The zero-order valence-corrected chi connectivity index (χ0v) is 14.5. The molecule has 0 saturated carbocycles. The van der Waals surface area contributed by atoms with Crippen LogP contribution in [-0.2, 0) is 4.74 Å². The maximum absolute atomic E-state index is 12.2. The van der Waals surface area contributed by atoms with Crippen LogP contribution in [0.1, 0.15) is 51.5 Å². The molecule has 2 fully saturated rings. The van der Waals surface area contributed by atoms with E-state index in [1.165, 1.54) is 37.2 Å². The second-order valence-electron chi connectivity index (χ2n) is 7.70. The van der Waals surface area contributed by atoms with Crippen LogP contribution in [0.2, 0.25) is 0 Å². The molecule has 1 amide bonds. The van der Waals surface area contributed by atoms with Gasteiger partial charge in [-0.2, -0.15) is 0 Å². The number of nitrogens with zero attached hydrogens (tertiary/aromatic N) is 2. The summed E-state index contributed by atoms with van der Waals surface area (Å²) in [5.74, 6) is 0.426. The quantitative estimate of drug-likeness (QED) is 0.826. The van der Waals surface area contributed by atoms with Crippen LogP contribution in [0.25, 0.3) is 0 Å². The van der Waals surface area contributed by atoms with Crippen LogP contribution in [0.5, 0.6) is 0 Å². The molecule has 2 aliphatic heterocycles. The Kier molecular flexibility index (Phi) is 4.51. The molecule has 1 atom stereocenters. The van der Waals surface area contributed by atoms with Crippen LogP contribution in [-0.4, -0.2) is 42.8 Å². The van der Waals surface area contributed by atoms with E-state index in [1.807, 2.05) is 25.7 Å². The summed E-state index contributed by atoms with van der Waals surface area (Å²) in [6.45, 7) is 9.64. The van der Waals surface area contributed by atoms with E-state index in [0.29, 0.717) is 5.92 Å². The number of ether oxygens (including phenoxy) is 1. The van der Waals surface area contributed by atoms with E-state index in [4.69, 9.17) is 4.74 Å². The van der Waals surface area contributed by atoms with Gasteiger partial charge in [-0.25, -0.2) is 4.79 Å². The highest BCUT2D eigenvalue weighted by Crippen LogP contribution is 2.30. The minimum atomic E-state index is -0.424. The molecular weight excluding hydrogens is 288 g/mol. The molecule has 23 heavy (non-hydrogen) atoms. The van der Waals surface area contributed by atoms with Gasteiger partial charge < -0.3 is 14.5 Å². The van der Waals surface area contributed by atoms with Crippen LogP contribution in [0.15, 0.2) is 24.3 Å². The smallest absolute Gasteiger partial charge is 0.410 e. The number of hydrogen-bond acceptors (Lipinski definition) is 3. The molecule has 0 bridgehead atoms. The first-order valence-electron chi connectivity index (χ1n) is 8.75. The third-order valence-electron chi connectivity index (χ3n) is 4.68. The number of benzene rings is 1. The molecule has 2 saturated heterocycles. The normalized spacial score (nSPS) is 21.8. The largest absolute Gasteiger partial charge is 0.444 e. The Bertz CT molecular complexity index is 541. The van der Waals surface area contributed by atoms with Crippen LogP contribution >= 0.6 is 0 Å². The highest BCUT2D eigenvalue weighted by Gasteiger charge is 2.30. The zero-order valence-electron chi connectivity index (χ0n) is 14.5. The summed E-state index contributed by atoms with van der Waals surface area (Å²) in [7, 11) is 0. The molecule has 1 aromatic carbocycles. The lowest BCUT2D eigenvalue weighted by atomic mass is 9.98. The van der Waals surface area contributed by atoms with Crippen LogP contribution < -0.4 is 4.90 Å². The first kappa shape index (κ1) is 16.2. The SMILES string of the molecule is CC(C)(C)OC(=O)N1CCC(c2ccc(N3CCCC3)cc2)C1. The Labute approximate surface area is 139 Å².